The summed E-state index contributed by atoms with van der Waals surface area (Å²) in [6.07, 6.45) is 3.57. The number of hydrogen-bond acceptors (Lipinski definition) is 5. The predicted octanol–water partition coefficient (Wildman–Crippen LogP) is 0.152. The van der Waals surface area contributed by atoms with Crippen molar-refractivity contribution in [2.45, 2.75) is 19.6 Å². The van der Waals surface area contributed by atoms with Gasteiger partial charge in [-0.25, -0.2) is 4.98 Å². The van der Waals surface area contributed by atoms with Crippen molar-refractivity contribution in [3.63, 3.8) is 0 Å². The van der Waals surface area contributed by atoms with Crippen LogP contribution in [-0.2, 0) is 19.6 Å². The molecule has 6 heteroatoms. The van der Waals surface area contributed by atoms with Crippen LogP contribution >= 0.6 is 0 Å². The highest BCUT2D eigenvalue weighted by atomic mass is 15.3. The van der Waals surface area contributed by atoms with Gasteiger partial charge in [-0.1, -0.05) is 6.07 Å². The van der Waals surface area contributed by atoms with E-state index >= 15 is 0 Å². The van der Waals surface area contributed by atoms with Crippen LogP contribution < -0.4 is 10.6 Å². The fourth-order valence-electron chi connectivity index (χ4n) is 2.12. The smallest absolute Gasteiger partial charge is 0.152 e. The number of fused-ring (bicyclic) bond motifs is 1. The average Bonchev–Trinajstić information content (AvgIpc) is 2.85. The molecule has 17 heavy (non-hydrogen) atoms. The summed E-state index contributed by atoms with van der Waals surface area (Å²) in [5.41, 5.74) is 6.80. The molecule has 0 aliphatic carbocycles. The quantitative estimate of drug-likeness (QED) is 0.795. The minimum absolute atomic E-state index is 0.506. The molecule has 88 valence electrons. The SMILES string of the molecule is NCc1cccnc1N1CCn2cnnc2C1. The Hall–Kier alpha value is -1.95. The number of hydrogen-bond donors (Lipinski definition) is 1. The molecule has 0 radical (unpaired) electrons. The van der Waals surface area contributed by atoms with Gasteiger partial charge < -0.3 is 15.2 Å². The van der Waals surface area contributed by atoms with Gasteiger partial charge in [-0.2, -0.15) is 0 Å². The second-order valence-corrected chi connectivity index (χ2v) is 4.05. The van der Waals surface area contributed by atoms with Crippen molar-refractivity contribution >= 4 is 5.82 Å². The molecule has 0 unspecified atom stereocenters. The summed E-state index contributed by atoms with van der Waals surface area (Å²) < 4.78 is 2.07. The third kappa shape index (κ3) is 1.76. The van der Waals surface area contributed by atoms with E-state index in [-0.39, 0.29) is 0 Å². The van der Waals surface area contributed by atoms with E-state index in [9.17, 15) is 0 Å². The van der Waals surface area contributed by atoms with Gasteiger partial charge in [-0.05, 0) is 6.07 Å². The zero-order valence-electron chi connectivity index (χ0n) is 9.45. The fourth-order valence-corrected chi connectivity index (χ4v) is 2.12. The molecule has 1 aliphatic heterocycles. The van der Waals surface area contributed by atoms with Crippen LogP contribution in [0.2, 0.25) is 0 Å². The van der Waals surface area contributed by atoms with Gasteiger partial charge >= 0.3 is 0 Å². The molecule has 0 fully saturated rings. The number of rotatable bonds is 2. The molecule has 2 aromatic heterocycles. The van der Waals surface area contributed by atoms with E-state index in [2.05, 4.69) is 24.6 Å². The Kier molecular flexibility index (Phi) is 2.49. The van der Waals surface area contributed by atoms with Gasteiger partial charge in [0.2, 0.25) is 0 Å². The third-order valence-corrected chi connectivity index (χ3v) is 3.03. The van der Waals surface area contributed by atoms with E-state index in [1.807, 2.05) is 12.1 Å². The minimum Gasteiger partial charge on any atom is -0.347 e. The lowest BCUT2D eigenvalue weighted by Gasteiger charge is -2.29. The zero-order chi connectivity index (χ0) is 11.7. The van der Waals surface area contributed by atoms with Gasteiger partial charge in [0.1, 0.15) is 12.1 Å². The molecule has 0 aromatic carbocycles. The van der Waals surface area contributed by atoms with E-state index in [1.54, 1.807) is 12.5 Å². The molecule has 0 saturated carbocycles. The largest absolute Gasteiger partial charge is 0.347 e. The van der Waals surface area contributed by atoms with Crippen LogP contribution in [0.4, 0.5) is 5.82 Å². The van der Waals surface area contributed by atoms with Crippen LogP contribution in [-0.4, -0.2) is 26.3 Å². The highest BCUT2D eigenvalue weighted by Crippen LogP contribution is 2.21. The summed E-state index contributed by atoms with van der Waals surface area (Å²) in [6, 6.07) is 3.93. The van der Waals surface area contributed by atoms with Crippen LogP contribution in [0.5, 0.6) is 0 Å². The maximum atomic E-state index is 5.73. The molecule has 1 aliphatic rings. The molecule has 0 saturated heterocycles. The Morgan fingerprint density at radius 1 is 1.35 bits per heavy atom. The van der Waals surface area contributed by atoms with Crippen LogP contribution in [0.3, 0.4) is 0 Å². The van der Waals surface area contributed by atoms with Gasteiger partial charge in [0.25, 0.3) is 0 Å². The van der Waals surface area contributed by atoms with Crippen molar-refractivity contribution in [1.29, 1.82) is 0 Å². The molecule has 0 spiro atoms. The molecular formula is C11H14N6. The third-order valence-electron chi connectivity index (χ3n) is 3.03. The van der Waals surface area contributed by atoms with Crippen molar-refractivity contribution in [1.82, 2.24) is 19.7 Å². The Bertz CT molecular complexity index is 520. The Morgan fingerprint density at radius 2 is 2.29 bits per heavy atom. The molecule has 0 bridgehead atoms. The molecule has 6 nitrogen and oxygen atoms in total. The molecule has 2 aromatic rings. The number of anilines is 1. The Balaban J connectivity index is 1.91. The van der Waals surface area contributed by atoms with E-state index in [0.717, 1.165) is 36.8 Å². The molecule has 3 rings (SSSR count). The number of pyridine rings is 1. The van der Waals surface area contributed by atoms with Gasteiger partial charge in [-0.3, -0.25) is 0 Å². The maximum Gasteiger partial charge on any atom is 0.152 e. The Morgan fingerprint density at radius 3 is 3.18 bits per heavy atom. The van der Waals surface area contributed by atoms with Crippen molar-refractivity contribution in [2.75, 3.05) is 11.4 Å². The first-order valence-electron chi connectivity index (χ1n) is 5.64. The maximum absolute atomic E-state index is 5.73. The van der Waals surface area contributed by atoms with Crippen molar-refractivity contribution in [2.24, 2.45) is 5.73 Å². The summed E-state index contributed by atoms with van der Waals surface area (Å²) in [5.74, 6) is 1.94. The van der Waals surface area contributed by atoms with Gasteiger partial charge in [-0.15, -0.1) is 10.2 Å². The normalized spacial score (nSPS) is 14.8. The topological polar surface area (TPSA) is 72.9 Å². The van der Waals surface area contributed by atoms with E-state index < -0.39 is 0 Å². The molecule has 0 amide bonds. The monoisotopic (exact) mass is 230 g/mol. The van der Waals surface area contributed by atoms with E-state index in [4.69, 9.17) is 5.73 Å². The summed E-state index contributed by atoms with van der Waals surface area (Å²) >= 11 is 0. The van der Waals surface area contributed by atoms with Crippen molar-refractivity contribution < 1.29 is 0 Å². The summed E-state index contributed by atoms with van der Waals surface area (Å²) in [5, 5.41) is 8.02. The summed E-state index contributed by atoms with van der Waals surface area (Å²) in [7, 11) is 0. The minimum atomic E-state index is 0.506. The number of nitrogens with zero attached hydrogens (tertiary/aromatic N) is 5. The van der Waals surface area contributed by atoms with Crippen LogP contribution in [0.1, 0.15) is 11.4 Å². The number of aromatic nitrogens is 4. The fraction of sp³-hybridized carbons (Fsp3) is 0.364. The lowest BCUT2D eigenvalue weighted by atomic mass is 10.2. The predicted molar refractivity (Wildman–Crippen MR) is 63.2 cm³/mol. The molecular weight excluding hydrogens is 216 g/mol. The van der Waals surface area contributed by atoms with Gasteiger partial charge in [0, 0.05) is 31.4 Å². The lowest BCUT2D eigenvalue weighted by Crippen LogP contribution is -2.35. The Labute approximate surface area is 99.1 Å². The van der Waals surface area contributed by atoms with E-state index in [1.165, 1.54) is 0 Å². The van der Waals surface area contributed by atoms with Crippen molar-refractivity contribution in [3.05, 3.63) is 36.0 Å². The standard InChI is InChI=1S/C11H14N6/c12-6-9-2-1-3-13-11(9)16-4-5-17-8-14-15-10(17)7-16/h1-3,8H,4-7,12H2. The first-order valence-corrected chi connectivity index (χ1v) is 5.64. The molecule has 0 atom stereocenters. The van der Waals surface area contributed by atoms with Gasteiger partial charge in [0.15, 0.2) is 5.82 Å². The summed E-state index contributed by atoms with van der Waals surface area (Å²) in [4.78, 5) is 6.62. The molecule has 3 heterocycles. The van der Waals surface area contributed by atoms with Crippen molar-refractivity contribution in [3.8, 4) is 0 Å². The lowest BCUT2D eigenvalue weighted by molar-refractivity contribution is 0.554. The van der Waals surface area contributed by atoms with Crippen LogP contribution in [0, 0.1) is 0 Å². The van der Waals surface area contributed by atoms with Crippen LogP contribution in [0.15, 0.2) is 24.7 Å². The second-order valence-electron chi connectivity index (χ2n) is 4.05. The zero-order valence-corrected chi connectivity index (χ0v) is 9.45. The summed E-state index contributed by atoms with van der Waals surface area (Å²) in [6.45, 7) is 3.05. The highest BCUT2D eigenvalue weighted by Gasteiger charge is 2.20. The van der Waals surface area contributed by atoms with Crippen LogP contribution in [0.25, 0.3) is 0 Å². The molecule has 2 N–H and O–H groups in total. The highest BCUT2D eigenvalue weighted by molar-refractivity contribution is 5.47. The second kappa shape index (κ2) is 4.14. The first-order chi connectivity index (χ1) is 8.38. The first kappa shape index (κ1) is 10.2. The average molecular weight is 230 g/mol. The van der Waals surface area contributed by atoms with Gasteiger partial charge in [0.05, 0.1) is 6.54 Å². The number of nitrogens with two attached hydrogens (primary N) is 1. The van der Waals surface area contributed by atoms with E-state index in [0.29, 0.717) is 6.54 Å².